The first-order valence-electron chi connectivity index (χ1n) is 7.65. The molecule has 0 aliphatic heterocycles. The summed E-state index contributed by atoms with van der Waals surface area (Å²) in [6, 6.07) is 7.31. The van der Waals surface area contributed by atoms with E-state index in [2.05, 4.69) is 10.4 Å². The standard InChI is InChI=1S/C17H20FN3O3/c1-11(2)21-15(8-9-19-21)20-17(23)12(3)24-16(22)10-13-4-6-14(18)7-5-13/h4-9,11-12H,10H2,1-3H3,(H,20,23)/t12-/m0/s1. The molecule has 0 aliphatic carbocycles. The molecule has 0 radical (unpaired) electrons. The van der Waals surface area contributed by atoms with Gasteiger partial charge in [-0.05, 0) is 38.5 Å². The number of amides is 1. The second kappa shape index (κ2) is 7.72. The van der Waals surface area contributed by atoms with Crippen molar-refractivity contribution >= 4 is 17.7 Å². The summed E-state index contributed by atoms with van der Waals surface area (Å²) in [4.78, 5) is 24.0. The first kappa shape index (κ1) is 17.7. The minimum Gasteiger partial charge on any atom is -0.452 e. The summed E-state index contributed by atoms with van der Waals surface area (Å²) in [5.41, 5.74) is 0.617. The van der Waals surface area contributed by atoms with E-state index in [0.29, 0.717) is 11.4 Å². The van der Waals surface area contributed by atoms with E-state index in [4.69, 9.17) is 4.74 Å². The number of anilines is 1. The Morgan fingerprint density at radius 1 is 1.21 bits per heavy atom. The molecule has 24 heavy (non-hydrogen) atoms. The fraction of sp³-hybridized carbons (Fsp3) is 0.353. The molecule has 1 atom stereocenters. The average Bonchev–Trinajstić information content (AvgIpc) is 2.97. The Morgan fingerprint density at radius 2 is 1.88 bits per heavy atom. The van der Waals surface area contributed by atoms with Crippen LogP contribution in [0.5, 0.6) is 0 Å². The van der Waals surface area contributed by atoms with E-state index in [1.54, 1.807) is 16.9 Å². The molecule has 1 N–H and O–H groups in total. The van der Waals surface area contributed by atoms with E-state index in [0.717, 1.165) is 0 Å². The Balaban J connectivity index is 1.90. The molecule has 2 aromatic rings. The Morgan fingerprint density at radius 3 is 2.50 bits per heavy atom. The lowest BCUT2D eigenvalue weighted by Gasteiger charge is -2.15. The van der Waals surface area contributed by atoms with Gasteiger partial charge in [0.15, 0.2) is 6.10 Å². The van der Waals surface area contributed by atoms with Gasteiger partial charge < -0.3 is 10.1 Å². The highest BCUT2D eigenvalue weighted by atomic mass is 19.1. The van der Waals surface area contributed by atoms with Crippen molar-refractivity contribution in [1.82, 2.24) is 9.78 Å². The van der Waals surface area contributed by atoms with Crippen molar-refractivity contribution in [3.05, 3.63) is 47.9 Å². The summed E-state index contributed by atoms with van der Waals surface area (Å²) >= 11 is 0. The van der Waals surface area contributed by atoms with Crippen LogP contribution in [0.3, 0.4) is 0 Å². The summed E-state index contributed by atoms with van der Waals surface area (Å²) in [7, 11) is 0. The topological polar surface area (TPSA) is 73.2 Å². The van der Waals surface area contributed by atoms with Gasteiger partial charge in [-0.2, -0.15) is 5.10 Å². The van der Waals surface area contributed by atoms with Gasteiger partial charge in [-0.15, -0.1) is 0 Å². The predicted molar refractivity (Wildman–Crippen MR) is 86.9 cm³/mol. The van der Waals surface area contributed by atoms with Gasteiger partial charge in [-0.1, -0.05) is 12.1 Å². The Labute approximate surface area is 139 Å². The monoisotopic (exact) mass is 333 g/mol. The number of benzene rings is 1. The molecule has 1 aromatic heterocycles. The molecule has 1 amide bonds. The zero-order valence-electron chi connectivity index (χ0n) is 13.8. The Hall–Kier alpha value is -2.70. The van der Waals surface area contributed by atoms with Crippen molar-refractivity contribution in [2.24, 2.45) is 0 Å². The molecular formula is C17H20FN3O3. The lowest BCUT2D eigenvalue weighted by atomic mass is 10.1. The predicted octanol–water partition coefficient (Wildman–Crippen LogP) is 2.72. The van der Waals surface area contributed by atoms with Gasteiger partial charge in [-0.3, -0.25) is 9.59 Å². The molecule has 0 fully saturated rings. The maximum atomic E-state index is 12.8. The van der Waals surface area contributed by atoms with Crippen LogP contribution < -0.4 is 5.32 Å². The molecule has 0 spiro atoms. The minimum absolute atomic E-state index is 0.0260. The van der Waals surface area contributed by atoms with Crippen LogP contribution in [0.25, 0.3) is 0 Å². The van der Waals surface area contributed by atoms with E-state index in [9.17, 15) is 14.0 Å². The van der Waals surface area contributed by atoms with Crippen LogP contribution in [0, 0.1) is 5.82 Å². The molecule has 0 saturated heterocycles. The van der Waals surface area contributed by atoms with Crippen LogP contribution in [-0.2, 0) is 20.7 Å². The molecule has 0 aliphatic rings. The van der Waals surface area contributed by atoms with Crippen LogP contribution in [0.4, 0.5) is 10.2 Å². The number of esters is 1. The summed E-state index contributed by atoms with van der Waals surface area (Å²) < 4.78 is 19.6. The number of hydrogen-bond acceptors (Lipinski definition) is 4. The maximum Gasteiger partial charge on any atom is 0.311 e. The van der Waals surface area contributed by atoms with E-state index >= 15 is 0 Å². The molecule has 0 bridgehead atoms. The van der Waals surface area contributed by atoms with Crippen molar-refractivity contribution in [1.29, 1.82) is 0 Å². The molecule has 128 valence electrons. The third-order valence-corrected chi connectivity index (χ3v) is 3.35. The van der Waals surface area contributed by atoms with E-state index in [-0.39, 0.29) is 18.3 Å². The largest absolute Gasteiger partial charge is 0.452 e. The lowest BCUT2D eigenvalue weighted by molar-refractivity contribution is -0.152. The normalized spacial score (nSPS) is 12.0. The summed E-state index contributed by atoms with van der Waals surface area (Å²) in [6.07, 6.45) is 0.608. The van der Waals surface area contributed by atoms with Crippen molar-refractivity contribution < 1.29 is 18.7 Å². The van der Waals surface area contributed by atoms with Crippen molar-refractivity contribution in [2.75, 3.05) is 5.32 Å². The van der Waals surface area contributed by atoms with Crippen molar-refractivity contribution in [3.63, 3.8) is 0 Å². The van der Waals surface area contributed by atoms with Gasteiger partial charge in [0.2, 0.25) is 0 Å². The molecule has 2 rings (SSSR count). The number of halogens is 1. The summed E-state index contributed by atoms with van der Waals surface area (Å²) in [5, 5.41) is 6.80. The second-order valence-electron chi connectivity index (χ2n) is 5.68. The minimum atomic E-state index is -0.950. The van der Waals surface area contributed by atoms with Gasteiger partial charge in [0, 0.05) is 12.1 Å². The smallest absolute Gasteiger partial charge is 0.311 e. The highest BCUT2D eigenvalue weighted by molar-refractivity contribution is 5.94. The first-order valence-corrected chi connectivity index (χ1v) is 7.65. The van der Waals surface area contributed by atoms with Gasteiger partial charge in [-0.25, -0.2) is 9.07 Å². The molecule has 1 heterocycles. The summed E-state index contributed by atoms with van der Waals surface area (Å²) in [6.45, 7) is 5.37. The molecule has 0 unspecified atom stereocenters. The van der Waals surface area contributed by atoms with E-state index in [1.807, 2.05) is 13.8 Å². The number of carbonyl (C=O) groups is 2. The molecule has 7 heteroatoms. The zero-order valence-corrected chi connectivity index (χ0v) is 13.8. The zero-order chi connectivity index (χ0) is 17.7. The second-order valence-corrected chi connectivity index (χ2v) is 5.68. The van der Waals surface area contributed by atoms with Crippen molar-refractivity contribution in [3.8, 4) is 0 Å². The first-order chi connectivity index (χ1) is 11.4. The molecular weight excluding hydrogens is 313 g/mol. The fourth-order valence-electron chi connectivity index (χ4n) is 2.11. The third-order valence-electron chi connectivity index (χ3n) is 3.35. The van der Waals surface area contributed by atoms with Gasteiger partial charge in [0.05, 0.1) is 12.6 Å². The fourth-order valence-corrected chi connectivity index (χ4v) is 2.11. The van der Waals surface area contributed by atoms with Gasteiger partial charge in [0.1, 0.15) is 11.6 Å². The molecule has 1 aromatic carbocycles. The number of carbonyl (C=O) groups excluding carboxylic acids is 2. The highest BCUT2D eigenvalue weighted by Gasteiger charge is 2.20. The van der Waals surface area contributed by atoms with Crippen LogP contribution in [0.1, 0.15) is 32.4 Å². The Bertz CT molecular complexity index is 710. The van der Waals surface area contributed by atoms with E-state index in [1.165, 1.54) is 31.2 Å². The number of ether oxygens (including phenoxy) is 1. The highest BCUT2D eigenvalue weighted by Crippen LogP contribution is 2.14. The maximum absolute atomic E-state index is 12.8. The number of rotatable bonds is 6. The summed E-state index contributed by atoms with van der Waals surface area (Å²) in [5.74, 6) is -0.829. The molecule has 0 saturated carbocycles. The van der Waals surface area contributed by atoms with Crippen LogP contribution in [0.15, 0.2) is 36.5 Å². The number of nitrogens with zero attached hydrogens (tertiary/aromatic N) is 2. The third kappa shape index (κ3) is 4.65. The SMILES string of the molecule is CC(C)n1nccc1NC(=O)[C@H](C)OC(=O)Cc1ccc(F)cc1. The van der Waals surface area contributed by atoms with Crippen molar-refractivity contribution in [2.45, 2.75) is 39.3 Å². The van der Waals surface area contributed by atoms with Crippen LogP contribution in [0.2, 0.25) is 0 Å². The number of nitrogens with one attached hydrogen (secondary N) is 1. The van der Waals surface area contributed by atoms with Gasteiger partial charge >= 0.3 is 5.97 Å². The Kier molecular flexibility index (Phi) is 5.68. The number of hydrogen-bond donors (Lipinski definition) is 1. The molecule has 6 nitrogen and oxygen atoms in total. The lowest BCUT2D eigenvalue weighted by Crippen LogP contribution is -2.31. The van der Waals surface area contributed by atoms with E-state index < -0.39 is 18.0 Å². The number of aromatic nitrogens is 2. The quantitative estimate of drug-likeness (QED) is 0.825. The van der Waals surface area contributed by atoms with Crippen LogP contribution in [-0.4, -0.2) is 27.8 Å². The average molecular weight is 333 g/mol. The van der Waals surface area contributed by atoms with Gasteiger partial charge in [0.25, 0.3) is 5.91 Å². The van der Waals surface area contributed by atoms with Crippen LogP contribution >= 0.6 is 0 Å².